The van der Waals surface area contributed by atoms with Gasteiger partial charge in [-0.25, -0.2) is 0 Å². The Bertz CT molecular complexity index is 480. The Balaban J connectivity index is 0.000000653. The summed E-state index contributed by atoms with van der Waals surface area (Å²) in [4.78, 5) is 0. The molecule has 0 N–H and O–H groups in total. The molecule has 0 amide bonds. The van der Waals surface area contributed by atoms with Crippen LogP contribution in [-0.2, 0) is 0 Å². The van der Waals surface area contributed by atoms with Crippen LogP contribution in [0.25, 0.3) is 0 Å². The van der Waals surface area contributed by atoms with Crippen molar-refractivity contribution in [3.05, 3.63) is 69.4 Å². The van der Waals surface area contributed by atoms with E-state index in [1.807, 2.05) is 0 Å². The van der Waals surface area contributed by atoms with Crippen molar-refractivity contribution in [2.24, 2.45) is 0 Å². The zero-order valence-electron chi connectivity index (χ0n) is 7.07. The van der Waals surface area contributed by atoms with Crippen molar-refractivity contribution in [2.75, 3.05) is 0 Å². The minimum absolute atomic E-state index is 0. The summed E-state index contributed by atoms with van der Waals surface area (Å²) in [6.45, 7) is 0. The molecule has 1 aliphatic carbocycles. The van der Waals surface area contributed by atoms with Crippen molar-refractivity contribution in [2.45, 2.75) is 0 Å². The van der Waals surface area contributed by atoms with Gasteiger partial charge in [0.15, 0.2) is 0 Å². The second-order valence-corrected chi connectivity index (χ2v) is 3.09. The number of benzene rings is 2. The van der Waals surface area contributed by atoms with E-state index in [4.69, 9.17) is 0 Å². The van der Waals surface area contributed by atoms with Gasteiger partial charge < -0.3 is 0 Å². The van der Waals surface area contributed by atoms with E-state index in [9.17, 15) is 0 Å². The van der Waals surface area contributed by atoms with Crippen LogP contribution >= 0.6 is 0 Å². The van der Waals surface area contributed by atoms with E-state index in [2.05, 4.69) is 48.5 Å². The van der Waals surface area contributed by atoms with Crippen LogP contribution < -0.4 is 0 Å². The number of rotatable bonds is 0. The third-order valence-corrected chi connectivity index (χ3v) is 2.43. The Labute approximate surface area is 95.4 Å². The van der Waals surface area contributed by atoms with Gasteiger partial charge in [-0.2, -0.15) is 0 Å². The van der Waals surface area contributed by atoms with Crippen molar-refractivity contribution in [3.8, 4) is 0 Å². The van der Waals surface area contributed by atoms with Gasteiger partial charge in [-0.05, 0) is 20.9 Å². The normalized spacial score (nSPS) is 10.5. The summed E-state index contributed by atoms with van der Waals surface area (Å²) in [6.07, 6.45) is 0. The third-order valence-electron chi connectivity index (χ3n) is 2.43. The van der Waals surface area contributed by atoms with Gasteiger partial charge in [-0.3, -0.25) is 0 Å². The van der Waals surface area contributed by atoms with Crippen LogP contribution in [-0.4, -0.2) is 26.2 Å². The Morgan fingerprint density at radius 3 is 0.923 bits per heavy atom. The van der Waals surface area contributed by atoms with Gasteiger partial charge in [-0.15, -0.1) is 0 Å². The van der Waals surface area contributed by atoms with Crippen LogP contribution in [0.5, 0.6) is 0 Å². The van der Waals surface area contributed by atoms with Gasteiger partial charge in [0.05, 0.1) is 0 Å². The molecule has 13 heavy (non-hydrogen) atoms. The van der Waals surface area contributed by atoms with Gasteiger partial charge in [0.1, 0.15) is 0 Å². The standard InChI is InChI=1S/C12H8.Bi/c1-2-6-10-9(5-1)11-7-3-4-8-12(10)11;/h1-8H;. The van der Waals surface area contributed by atoms with E-state index < -0.39 is 0 Å². The molecule has 0 heterocycles. The quantitative estimate of drug-likeness (QED) is 0.539. The van der Waals surface area contributed by atoms with Crippen LogP contribution in [0.3, 0.4) is 0 Å². The molecule has 0 bridgehead atoms. The van der Waals surface area contributed by atoms with Crippen molar-refractivity contribution in [1.29, 1.82) is 0 Å². The second kappa shape index (κ2) is 3.23. The maximum Gasteiger partial charge on any atom is 0 e. The van der Waals surface area contributed by atoms with Crippen LogP contribution in [0, 0.1) is 20.9 Å². The average molecular weight is 361 g/mol. The zero-order chi connectivity index (χ0) is 7.97. The molecule has 0 saturated carbocycles. The first-order valence-electron chi connectivity index (χ1n) is 4.15. The van der Waals surface area contributed by atoms with Gasteiger partial charge in [-0.1, -0.05) is 48.5 Å². The maximum atomic E-state index is 2.18. The van der Waals surface area contributed by atoms with E-state index in [-0.39, 0.29) is 26.2 Å². The Morgan fingerprint density at radius 1 is 0.462 bits per heavy atom. The molecule has 61 valence electrons. The average Bonchev–Trinajstić information content (AvgIpc) is 2.14. The van der Waals surface area contributed by atoms with E-state index in [0.29, 0.717) is 0 Å². The first-order valence-corrected chi connectivity index (χ1v) is 4.15. The summed E-state index contributed by atoms with van der Waals surface area (Å²) in [7, 11) is 0. The van der Waals surface area contributed by atoms with Crippen LogP contribution in [0.15, 0.2) is 48.5 Å². The van der Waals surface area contributed by atoms with E-state index in [1.165, 1.54) is 20.9 Å². The largest absolute Gasteiger partial charge is 0.0616 e. The molecule has 0 aliphatic heterocycles. The molecule has 0 fully saturated rings. The molecule has 2 aromatic carbocycles. The molecule has 3 rings (SSSR count). The van der Waals surface area contributed by atoms with Crippen molar-refractivity contribution < 1.29 is 0 Å². The maximum absolute atomic E-state index is 2.18. The molecular weight excluding hydrogens is 353 g/mol. The van der Waals surface area contributed by atoms with Crippen LogP contribution in [0.1, 0.15) is 0 Å². The van der Waals surface area contributed by atoms with Gasteiger partial charge in [0, 0.05) is 26.2 Å². The molecule has 1 heteroatoms. The molecule has 0 aromatic heterocycles. The fraction of sp³-hybridized carbons (Fsp3) is 0. The molecule has 0 atom stereocenters. The summed E-state index contributed by atoms with van der Waals surface area (Å²) in [5.41, 5.74) is 0. The summed E-state index contributed by atoms with van der Waals surface area (Å²) >= 11 is 0. The number of hydrogen-bond donors (Lipinski definition) is 0. The molecule has 0 nitrogen and oxygen atoms in total. The smallest absolute Gasteiger partial charge is 0 e. The minimum Gasteiger partial charge on any atom is -0.0616 e. The van der Waals surface area contributed by atoms with E-state index in [1.54, 1.807) is 0 Å². The second-order valence-electron chi connectivity index (χ2n) is 3.09. The van der Waals surface area contributed by atoms with Gasteiger partial charge >= 0.3 is 0 Å². The molecule has 1 aliphatic rings. The summed E-state index contributed by atoms with van der Waals surface area (Å²) in [6, 6.07) is 17.1. The Morgan fingerprint density at radius 2 is 0.692 bits per heavy atom. The summed E-state index contributed by atoms with van der Waals surface area (Å²) in [5.74, 6) is 0. The summed E-state index contributed by atoms with van der Waals surface area (Å²) < 4.78 is 0. The van der Waals surface area contributed by atoms with Gasteiger partial charge in [0.2, 0.25) is 0 Å². The summed E-state index contributed by atoms with van der Waals surface area (Å²) in [5, 5.41) is 5.59. The molecule has 0 unspecified atom stereocenters. The fourth-order valence-electron chi connectivity index (χ4n) is 1.84. The van der Waals surface area contributed by atoms with E-state index >= 15 is 0 Å². The first-order chi connectivity index (χ1) is 5.97. The predicted octanol–water partition coefficient (Wildman–Crippen LogP) is 2.19. The van der Waals surface area contributed by atoms with Crippen molar-refractivity contribution in [1.82, 2.24) is 0 Å². The Kier molecular flexibility index (Phi) is 2.21. The molecule has 2 aromatic rings. The molecule has 3 radical (unpaired) electrons. The zero-order valence-corrected chi connectivity index (χ0v) is 10.5. The van der Waals surface area contributed by atoms with Crippen LogP contribution in [0.2, 0.25) is 0 Å². The number of hydrogen-bond acceptors (Lipinski definition) is 0. The first kappa shape index (κ1) is 8.90. The third kappa shape index (κ3) is 1.14. The SMILES string of the molecule is [Bi].c1ccc2c(c1)=c1ccccc1=2. The number of fused-ring (bicyclic) bond motifs is 2. The Hall–Kier alpha value is -0.677. The van der Waals surface area contributed by atoms with Crippen molar-refractivity contribution in [3.63, 3.8) is 0 Å². The predicted molar refractivity (Wildman–Crippen MR) is 54.0 cm³/mol. The van der Waals surface area contributed by atoms with E-state index in [0.717, 1.165) is 0 Å². The van der Waals surface area contributed by atoms with Crippen molar-refractivity contribution >= 4 is 26.2 Å². The molecular formula is C12H8Bi. The molecule has 0 spiro atoms. The molecule has 0 saturated heterocycles. The topological polar surface area (TPSA) is 0 Å². The minimum atomic E-state index is 0. The van der Waals surface area contributed by atoms with Crippen LogP contribution in [0.4, 0.5) is 0 Å². The van der Waals surface area contributed by atoms with Gasteiger partial charge in [0.25, 0.3) is 0 Å². The fourth-order valence-corrected chi connectivity index (χ4v) is 1.84. The monoisotopic (exact) mass is 361 g/mol.